The summed E-state index contributed by atoms with van der Waals surface area (Å²) in [5.41, 5.74) is 1.25. The van der Waals surface area contributed by atoms with Crippen LogP contribution in [0.1, 0.15) is 41.4 Å². The van der Waals surface area contributed by atoms with E-state index in [0.717, 1.165) is 42.9 Å². The number of benzene rings is 1. The van der Waals surface area contributed by atoms with E-state index < -0.39 is 0 Å². The quantitative estimate of drug-likeness (QED) is 0.508. The molecule has 0 radical (unpaired) electrons. The van der Waals surface area contributed by atoms with Crippen molar-refractivity contribution in [1.29, 1.82) is 0 Å². The predicted octanol–water partition coefficient (Wildman–Crippen LogP) is 4.49. The molecule has 2 N–H and O–H groups in total. The van der Waals surface area contributed by atoms with E-state index in [0.29, 0.717) is 29.5 Å². The molecule has 0 unspecified atom stereocenters. The van der Waals surface area contributed by atoms with Gasteiger partial charge in [-0.25, -0.2) is 0 Å². The Morgan fingerprint density at radius 2 is 1.91 bits per heavy atom. The fourth-order valence-corrected chi connectivity index (χ4v) is 4.52. The van der Waals surface area contributed by atoms with Gasteiger partial charge in [-0.15, -0.1) is 11.3 Å². The summed E-state index contributed by atoms with van der Waals surface area (Å²) < 4.78 is 11.4. The molecule has 1 fully saturated rings. The summed E-state index contributed by atoms with van der Waals surface area (Å²) in [4.78, 5) is 29.3. The van der Waals surface area contributed by atoms with Gasteiger partial charge >= 0.3 is 0 Å². The van der Waals surface area contributed by atoms with Crippen molar-refractivity contribution in [3.63, 3.8) is 0 Å². The summed E-state index contributed by atoms with van der Waals surface area (Å²) >= 11 is 1.65. The van der Waals surface area contributed by atoms with E-state index in [1.54, 1.807) is 35.6 Å². The van der Waals surface area contributed by atoms with Crippen LogP contribution in [0.2, 0.25) is 0 Å². The van der Waals surface area contributed by atoms with Crippen molar-refractivity contribution in [3.8, 4) is 22.1 Å². The first-order valence-corrected chi connectivity index (χ1v) is 12.0. The third-order valence-corrected chi connectivity index (χ3v) is 6.42. The number of thiophene rings is 1. The van der Waals surface area contributed by atoms with Gasteiger partial charge in [-0.2, -0.15) is 5.10 Å². The minimum absolute atomic E-state index is 0.0331. The molecule has 3 aromatic rings. The van der Waals surface area contributed by atoms with Crippen molar-refractivity contribution in [2.75, 3.05) is 31.6 Å². The Hall–Kier alpha value is -3.33. The number of aromatic nitrogens is 2. The highest BCUT2D eigenvalue weighted by atomic mass is 32.1. The highest BCUT2D eigenvalue weighted by molar-refractivity contribution is 7.15. The van der Waals surface area contributed by atoms with Crippen molar-refractivity contribution in [1.82, 2.24) is 15.1 Å². The topological polar surface area (TPSA) is 96.5 Å². The average Bonchev–Trinajstić information content (AvgIpc) is 3.47. The van der Waals surface area contributed by atoms with Gasteiger partial charge in [-0.3, -0.25) is 14.7 Å². The molecule has 8 nitrogen and oxygen atoms in total. The van der Waals surface area contributed by atoms with Crippen LogP contribution in [0.4, 0.5) is 5.82 Å². The van der Waals surface area contributed by atoms with Crippen LogP contribution in [-0.2, 0) is 4.79 Å². The summed E-state index contributed by atoms with van der Waals surface area (Å²) in [5, 5.41) is 9.94. The van der Waals surface area contributed by atoms with Crippen LogP contribution in [0, 0.1) is 6.92 Å². The van der Waals surface area contributed by atoms with Crippen LogP contribution in [0.3, 0.4) is 0 Å². The largest absolute Gasteiger partial charge is 0.490 e. The highest BCUT2D eigenvalue weighted by Crippen LogP contribution is 2.30. The Morgan fingerprint density at radius 1 is 1.09 bits per heavy atom. The number of H-pyrrole nitrogens is 1. The van der Waals surface area contributed by atoms with E-state index in [1.165, 1.54) is 4.88 Å². The number of nitrogens with zero attached hydrogens (tertiary/aromatic N) is 2. The molecule has 0 spiro atoms. The number of anilines is 1. The number of hydrogen-bond donors (Lipinski definition) is 2. The highest BCUT2D eigenvalue weighted by Gasteiger charge is 2.19. The molecule has 1 aliphatic heterocycles. The first-order chi connectivity index (χ1) is 16.0. The fraction of sp³-hybridized carbons (Fsp3) is 0.375. The minimum Gasteiger partial charge on any atom is -0.490 e. The van der Waals surface area contributed by atoms with Gasteiger partial charge < -0.3 is 19.7 Å². The number of aryl methyl sites for hydroxylation is 1. The molecule has 0 atom stereocenters. The smallest absolute Gasteiger partial charge is 0.260 e. The molecule has 2 aromatic heterocycles. The minimum atomic E-state index is -0.313. The third kappa shape index (κ3) is 5.73. The fourth-order valence-electron chi connectivity index (χ4n) is 3.69. The maximum atomic E-state index is 12.8. The standard InChI is InChI=1S/C24H28N4O4S/c1-3-31-20-13-17(8-9-19(20)32-15-23(29)28-11-5-4-6-12-28)24(30)25-22-14-18(26-27-22)21-10-7-16(2)33-21/h7-10,13-14H,3-6,11-12,15H2,1-2H3,(H2,25,26,27,30). The lowest BCUT2D eigenvalue weighted by molar-refractivity contribution is -0.134. The van der Waals surface area contributed by atoms with E-state index in [4.69, 9.17) is 9.47 Å². The monoisotopic (exact) mass is 468 g/mol. The average molecular weight is 469 g/mol. The number of ether oxygens (including phenoxy) is 2. The molecule has 2 amide bonds. The zero-order valence-corrected chi connectivity index (χ0v) is 19.7. The van der Waals surface area contributed by atoms with Gasteiger partial charge in [0, 0.05) is 29.6 Å². The number of piperidine rings is 1. The van der Waals surface area contributed by atoms with Crippen molar-refractivity contribution in [2.24, 2.45) is 0 Å². The normalized spacial score (nSPS) is 13.6. The number of aromatic amines is 1. The maximum Gasteiger partial charge on any atom is 0.260 e. The van der Waals surface area contributed by atoms with Crippen molar-refractivity contribution in [3.05, 3.63) is 46.8 Å². The maximum absolute atomic E-state index is 12.8. The van der Waals surface area contributed by atoms with Crippen molar-refractivity contribution < 1.29 is 19.1 Å². The van der Waals surface area contributed by atoms with E-state index in [-0.39, 0.29) is 18.4 Å². The molecule has 33 heavy (non-hydrogen) atoms. The van der Waals surface area contributed by atoms with E-state index in [1.807, 2.05) is 30.9 Å². The number of nitrogens with one attached hydrogen (secondary N) is 2. The van der Waals surface area contributed by atoms with Crippen LogP contribution in [0.5, 0.6) is 11.5 Å². The molecular formula is C24H28N4O4S. The summed E-state index contributed by atoms with van der Waals surface area (Å²) in [6.45, 7) is 5.81. The number of carbonyl (C=O) groups excluding carboxylic acids is 2. The lowest BCUT2D eigenvalue weighted by Crippen LogP contribution is -2.38. The molecule has 1 aromatic carbocycles. The zero-order chi connectivity index (χ0) is 23.2. The van der Waals surface area contributed by atoms with Gasteiger partial charge in [0.15, 0.2) is 23.9 Å². The van der Waals surface area contributed by atoms with Gasteiger partial charge in [0.25, 0.3) is 11.8 Å². The Bertz CT molecular complexity index is 1120. The first-order valence-electron chi connectivity index (χ1n) is 11.1. The van der Waals surface area contributed by atoms with Crippen LogP contribution in [-0.4, -0.2) is 53.2 Å². The molecule has 1 saturated heterocycles. The van der Waals surface area contributed by atoms with Crippen LogP contribution >= 0.6 is 11.3 Å². The number of rotatable bonds is 8. The number of amides is 2. The Labute approximate surface area is 196 Å². The number of likely N-dealkylation sites (tertiary alicyclic amines) is 1. The molecular weight excluding hydrogens is 440 g/mol. The number of hydrogen-bond acceptors (Lipinski definition) is 6. The SMILES string of the molecule is CCOc1cc(C(=O)Nc2cc(-c3ccc(C)s3)[nH]n2)ccc1OCC(=O)N1CCCCC1. The lowest BCUT2D eigenvalue weighted by Gasteiger charge is -2.26. The molecule has 3 heterocycles. The molecule has 1 aliphatic rings. The Balaban J connectivity index is 1.41. The van der Waals surface area contributed by atoms with Gasteiger partial charge in [0.2, 0.25) is 0 Å². The first kappa shape index (κ1) is 22.8. The van der Waals surface area contributed by atoms with E-state index in [9.17, 15) is 9.59 Å². The molecule has 0 aliphatic carbocycles. The second-order valence-electron chi connectivity index (χ2n) is 7.86. The second-order valence-corrected chi connectivity index (χ2v) is 9.14. The molecule has 174 valence electrons. The van der Waals surface area contributed by atoms with E-state index >= 15 is 0 Å². The van der Waals surface area contributed by atoms with Crippen LogP contribution < -0.4 is 14.8 Å². The van der Waals surface area contributed by atoms with Crippen LogP contribution in [0.15, 0.2) is 36.4 Å². The molecule has 4 rings (SSSR count). The third-order valence-electron chi connectivity index (χ3n) is 5.39. The Morgan fingerprint density at radius 3 is 2.64 bits per heavy atom. The summed E-state index contributed by atoms with van der Waals surface area (Å²) in [6, 6.07) is 10.8. The summed E-state index contributed by atoms with van der Waals surface area (Å²) in [5.74, 6) is 0.954. The molecule has 0 bridgehead atoms. The van der Waals surface area contributed by atoms with Crippen molar-refractivity contribution >= 4 is 29.0 Å². The van der Waals surface area contributed by atoms with Gasteiger partial charge in [0.05, 0.1) is 17.2 Å². The zero-order valence-electron chi connectivity index (χ0n) is 18.8. The van der Waals surface area contributed by atoms with Crippen molar-refractivity contribution in [2.45, 2.75) is 33.1 Å². The van der Waals surface area contributed by atoms with E-state index in [2.05, 4.69) is 15.5 Å². The van der Waals surface area contributed by atoms with Gasteiger partial charge in [-0.1, -0.05) is 0 Å². The molecule has 0 saturated carbocycles. The predicted molar refractivity (Wildman–Crippen MR) is 128 cm³/mol. The number of carbonyl (C=O) groups is 2. The van der Waals surface area contributed by atoms with Gasteiger partial charge in [-0.05, 0) is 63.4 Å². The summed E-state index contributed by atoms with van der Waals surface area (Å²) in [6.07, 6.45) is 3.23. The molecule has 9 heteroatoms. The second kappa shape index (κ2) is 10.5. The van der Waals surface area contributed by atoms with Gasteiger partial charge in [0.1, 0.15) is 0 Å². The summed E-state index contributed by atoms with van der Waals surface area (Å²) in [7, 11) is 0. The lowest BCUT2D eigenvalue weighted by atomic mass is 10.1. The van der Waals surface area contributed by atoms with Crippen LogP contribution in [0.25, 0.3) is 10.6 Å². The Kier molecular flexibility index (Phi) is 7.29.